The number of aliphatic hydroxyl groups is 1. The smallest absolute Gasteiger partial charge is 0.251 e. The zero-order chi connectivity index (χ0) is 24.9. The van der Waals surface area contributed by atoms with E-state index in [1.807, 2.05) is 44.2 Å². The molecule has 35 heavy (non-hydrogen) atoms. The summed E-state index contributed by atoms with van der Waals surface area (Å²) in [7, 11) is 0. The van der Waals surface area contributed by atoms with Crippen LogP contribution in [0.1, 0.15) is 24.2 Å². The van der Waals surface area contributed by atoms with Crippen molar-refractivity contribution in [3.63, 3.8) is 0 Å². The van der Waals surface area contributed by atoms with Crippen LogP contribution in [0.15, 0.2) is 54.9 Å². The summed E-state index contributed by atoms with van der Waals surface area (Å²) in [5.41, 5.74) is 8.94. The fourth-order valence-corrected chi connectivity index (χ4v) is 4.17. The summed E-state index contributed by atoms with van der Waals surface area (Å²) in [5, 5.41) is 15.4. The van der Waals surface area contributed by atoms with Crippen molar-refractivity contribution in [1.82, 2.24) is 25.2 Å². The molecule has 4 aromatic rings. The van der Waals surface area contributed by atoms with Gasteiger partial charge in [-0.1, -0.05) is 43.6 Å². The molecule has 0 spiro atoms. The lowest BCUT2D eigenvalue weighted by Gasteiger charge is -2.22. The van der Waals surface area contributed by atoms with E-state index in [-0.39, 0.29) is 12.5 Å². The molecule has 1 unspecified atom stereocenters. The molecule has 9 heteroatoms. The number of pyridine rings is 1. The number of fused-ring (bicyclic) bond motifs is 1. The third-order valence-electron chi connectivity index (χ3n) is 6.00. The molecule has 0 aliphatic carbocycles. The second-order valence-corrected chi connectivity index (χ2v) is 8.75. The second kappa shape index (κ2) is 10.9. The first kappa shape index (κ1) is 24.7. The molecule has 2 aromatic heterocycles. The molecule has 1 amide bonds. The van der Waals surface area contributed by atoms with Crippen molar-refractivity contribution < 1.29 is 9.90 Å². The third-order valence-corrected chi connectivity index (χ3v) is 6.24. The minimum Gasteiger partial charge on any atom is -0.390 e. The van der Waals surface area contributed by atoms with Crippen molar-refractivity contribution in [3.8, 4) is 22.6 Å². The van der Waals surface area contributed by atoms with Crippen LogP contribution in [0.3, 0.4) is 0 Å². The lowest BCUT2D eigenvalue weighted by atomic mass is 10.1. The summed E-state index contributed by atoms with van der Waals surface area (Å²) in [6.45, 7) is 6.52. The maximum Gasteiger partial charge on any atom is 0.251 e. The van der Waals surface area contributed by atoms with Crippen LogP contribution < -0.4 is 11.1 Å². The quantitative estimate of drug-likeness (QED) is 0.281. The number of carbonyl (C=O) groups excluding carboxylic acids is 1. The number of imidazole rings is 1. The number of anilines is 1. The Morgan fingerprint density at radius 1 is 1.20 bits per heavy atom. The van der Waals surface area contributed by atoms with Crippen LogP contribution >= 0.6 is 11.6 Å². The Bertz CT molecular complexity index is 1310. The van der Waals surface area contributed by atoms with Gasteiger partial charge in [-0.25, -0.2) is 9.97 Å². The first-order chi connectivity index (χ1) is 16.9. The van der Waals surface area contributed by atoms with Gasteiger partial charge in [0.25, 0.3) is 5.91 Å². The molecule has 0 aliphatic rings. The van der Waals surface area contributed by atoms with Gasteiger partial charge < -0.3 is 26.0 Å². The normalized spacial score (nSPS) is 12.3. The summed E-state index contributed by atoms with van der Waals surface area (Å²) in [6.07, 6.45) is 2.88. The summed E-state index contributed by atoms with van der Waals surface area (Å²) in [6, 6.07) is 12.7. The molecule has 0 saturated carbocycles. The van der Waals surface area contributed by atoms with Gasteiger partial charge >= 0.3 is 0 Å². The largest absolute Gasteiger partial charge is 0.390 e. The molecule has 2 heterocycles. The lowest BCUT2D eigenvalue weighted by molar-refractivity contribution is 0.0869. The average Bonchev–Trinajstić information content (AvgIpc) is 3.35. The first-order valence-corrected chi connectivity index (χ1v) is 12.0. The molecule has 182 valence electrons. The van der Waals surface area contributed by atoms with Gasteiger partial charge in [-0.05, 0) is 42.7 Å². The average molecular weight is 493 g/mol. The van der Waals surface area contributed by atoms with E-state index in [0.29, 0.717) is 40.0 Å². The number of nitrogen functional groups attached to an aromatic ring is 1. The van der Waals surface area contributed by atoms with Crippen LogP contribution in [-0.2, 0) is 0 Å². The SMILES string of the molecule is CCN(CC)CC(O)CNC(=O)c1ccc(-c2c[nH]c(-c3c(N)ncc4ccc(Cl)cc34)n2)cc1. The van der Waals surface area contributed by atoms with Crippen molar-refractivity contribution >= 4 is 34.1 Å². The fraction of sp³-hybridized carbons (Fsp3) is 0.269. The Kier molecular flexibility index (Phi) is 7.65. The number of nitrogens with one attached hydrogen (secondary N) is 2. The number of nitrogens with two attached hydrogens (primary N) is 1. The number of amides is 1. The Balaban J connectivity index is 1.48. The van der Waals surface area contributed by atoms with Crippen LogP contribution in [0.2, 0.25) is 5.02 Å². The topological polar surface area (TPSA) is 120 Å². The van der Waals surface area contributed by atoms with Crippen LogP contribution in [0.25, 0.3) is 33.4 Å². The number of hydrogen-bond acceptors (Lipinski definition) is 6. The number of rotatable bonds is 9. The van der Waals surface area contributed by atoms with E-state index in [0.717, 1.165) is 29.4 Å². The number of aliphatic hydroxyl groups excluding tert-OH is 1. The van der Waals surface area contributed by atoms with Crippen molar-refractivity contribution in [2.45, 2.75) is 20.0 Å². The number of nitrogens with zero attached hydrogens (tertiary/aromatic N) is 3. The molecule has 0 bridgehead atoms. The number of aromatic nitrogens is 3. The third kappa shape index (κ3) is 5.62. The van der Waals surface area contributed by atoms with Gasteiger partial charge in [0.15, 0.2) is 0 Å². The molecule has 1 atom stereocenters. The predicted molar refractivity (Wildman–Crippen MR) is 140 cm³/mol. The van der Waals surface area contributed by atoms with Crippen molar-refractivity contribution in [1.29, 1.82) is 0 Å². The van der Waals surface area contributed by atoms with Gasteiger partial charge in [0.2, 0.25) is 0 Å². The highest BCUT2D eigenvalue weighted by molar-refractivity contribution is 6.31. The molecule has 8 nitrogen and oxygen atoms in total. The van der Waals surface area contributed by atoms with Crippen molar-refractivity contribution in [2.75, 3.05) is 31.9 Å². The maximum atomic E-state index is 12.5. The van der Waals surface area contributed by atoms with E-state index in [1.165, 1.54) is 0 Å². The molecule has 2 aromatic carbocycles. The summed E-state index contributed by atoms with van der Waals surface area (Å²) in [5.74, 6) is 0.710. The molecule has 4 rings (SSSR count). The van der Waals surface area contributed by atoms with Crippen molar-refractivity contribution in [3.05, 3.63) is 65.4 Å². The monoisotopic (exact) mass is 492 g/mol. The van der Waals surface area contributed by atoms with Gasteiger partial charge in [0.05, 0.1) is 17.4 Å². The number of benzene rings is 2. The van der Waals surface area contributed by atoms with Gasteiger partial charge in [-0.15, -0.1) is 0 Å². The highest BCUT2D eigenvalue weighted by Crippen LogP contribution is 2.33. The van der Waals surface area contributed by atoms with E-state index in [1.54, 1.807) is 24.5 Å². The molecule has 0 aliphatic heterocycles. The van der Waals surface area contributed by atoms with Gasteiger partial charge in [0.1, 0.15) is 11.6 Å². The first-order valence-electron chi connectivity index (χ1n) is 11.6. The highest BCUT2D eigenvalue weighted by Gasteiger charge is 2.15. The van der Waals surface area contributed by atoms with E-state index < -0.39 is 6.10 Å². The molecular formula is C26H29ClN6O2. The number of aromatic amines is 1. The Labute approximate surface area is 209 Å². The van der Waals surface area contributed by atoms with E-state index in [9.17, 15) is 9.90 Å². The van der Waals surface area contributed by atoms with Gasteiger partial charge in [0, 0.05) is 47.0 Å². The van der Waals surface area contributed by atoms with Crippen LogP contribution in [-0.4, -0.2) is 63.1 Å². The van der Waals surface area contributed by atoms with Crippen LogP contribution in [0.4, 0.5) is 5.82 Å². The summed E-state index contributed by atoms with van der Waals surface area (Å²) in [4.78, 5) is 26.8. The van der Waals surface area contributed by atoms with E-state index >= 15 is 0 Å². The Morgan fingerprint density at radius 2 is 1.94 bits per heavy atom. The minimum absolute atomic E-state index is 0.199. The Hall–Kier alpha value is -3.46. The van der Waals surface area contributed by atoms with Crippen molar-refractivity contribution in [2.24, 2.45) is 0 Å². The molecule has 0 radical (unpaired) electrons. The lowest BCUT2D eigenvalue weighted by Crippen LogP contribution is -2.40. The zero-order valence-electron chi connectivity index (χ0n) is 19.8. The van der Waals surface area contributed by atoms with Crippen LogP contribution in [0.5, 0.6) is 0 Å². The number of likely N-dealkylation sites (N-methyl/N-ethyl adjacent to an activating group) is 1. The fourth-order valence-electron chi connectivity index (χ4n) is 4.00. The zero-order valence-corrected chi connectivity index (χ0v) is 20.5. The van der Waals surface area contributed by atoms with E-state index in [2.05, 4.69) is 20.2 Å². The summed E-state index contributed by atoms with van der Waals surface area (Å²) < 4.78 is 0. The number of halogens is 1. The maximum absolute atomic E-state index is 12.5. The minimum atomic E-state index is -0.619. The number of hydrogen-bond donors (Lipinski definition) is 4. The molecule has 0 fully saturated rings. The molecule has 0 saturated heterocycles. The van der Waals surface area contributed by atoms with Gasteiger partial charge in [-0.2, -0.15) is 0 Å². The number of H-pyrrole nitrogens is 1. The predicted octanol–water partition coefficient (Wildman–Crippen LogP) is 3.96. The molecular weight excluding hydrogens is 464 g/mol. The highest BCUT2D eigenvalue weighted by atomic mass is 35.5. The summed E-state index contributed by atoms with van der Waals surface area (Å²) >= 11 is 6.21. The number of carbonyl (C=O) groups is 1. The van der Waals surface area contributed by atoms with E-state index in [4.69, 9.17) is 22.3 Å². The standard InChI is InChI=1S/C26H29ClN6O2/c1-3-33(4-2)15-20(34)13-31-26(35)17-7-5-16(6-8-17)22-14-30-25(32-22)23-21-11-19(27)10-9-18(21)12-29-24(23)28/h5-12,14,20,34H,3-4,13,15H2,1-2H3,(H2,28,29)(H,30,32)(H,31,35). The Morgan fingerprint density at radius 3 is 2.66 bits per heavy atom. The molecule has 5 N–H and O–H groups in total. The second-order valence-electron chi connectivity index (χ2n) is 8.31. The van der Waals surface area contributed by atoms with Gasteiger partial charge in [-0.3, -0.25) is 4.79 Å². The van der Waals surface area contributed by atoms with Crippen LogP contribution in [0, 0.1) is 0 Å².